The first-order valence-corrected chi connectivity index (χ1v) is 5.84. The first kappa shape index (κ1) is 11.9. The molecule has 0 N–H and O–H groups in total. The lowest BCUT2D eigenvalue weighted by molar-refractivity contribution is 0.101. The van der Waals surface area contributed by atoms with E-state index in [0.29, 0.717) is 5.02 Å². The van der Waals surface area contributed by atoms with Crippen molar-refractivity contribution < 1.29 is 4.79 Å². The van der Waals surface area contributed by atoms with Gasteiger partial charge in [0.15, 0.2) is 5.78 Å². The summed E-state index contributed by atoms with van der Waals surface area (Å²) in [6.45, 7) is 3.52. The van der Waals surface area contributed by atoms with Crippen LogP contribution in [0.25, 0.3) is 11.1 Å². The van der Waals surface area contributed by atoms with Crippen LogP contribution in [0.5, 0.6) is 0 Å². The van der Waals surface area contributed by atoms with Crippen molar-refractivity contribution in [3.63, 3.8) is 0 Å². The number of halogens is 1. The highest BCUT2D eigenvalue weighted by Crippen LogP contribution is 2.29. The van der Waals surface area contributed by atoms with Gasteiger partial charge in [-0.2, -0.15) is 0 Å². The fourth-order valence-corrected chi connectivity index (χ4v) is 2.11. The van der Waals surface area contributed by atoms with Crippen LogP contribution in [0.4, 0.5) is 0 Å². The number of hydrogen-bond donors (Lipinski definition) is 0. The molecule has 2 heteroatoms. The van der Waals surface area contributed by atoms with Crippen molar-refractivity contribution in [2.75, 3.05) is 0 Å². The summed E-state index contributed by atoms with van der Waals surface area (Å²) in [5, 5.41) is 0.700. The van der Waals surface area contributed by atoms with Crippen LogP contribution in [0.15, 0.2) is 42.5 Å². The third-order valence-electron chi connectivity index (χ3n) is 2.80. The van der Waals surface area contributed by atoms with Gasteiger partial charge in [-0.3, -0.25) is 4.79 Å². The second kappa shape index (κ2) is 4.72. The highest BCUT2D eigenvalue weighted by atomic mass is 35.5. The van der Waals surface area contributed by atoms with Crippen LogP contribution >= 0.6 is 11.6 Å². The molecule has 2 aromatic carbocycles. The van der Waals surface area contributed by atoms with E-state index in [4.69, 9.17) is 11.6 Å². The summed E-state index contributed by atoms with van der Waals surface area (Å²) in [6, 6.07) is 13.5. The van der Waals surface area contributed by atoms with Gasteiger partial charge in [0.2, 0.25) is 0 Å². The lowest BCUT2D eigenvalue weighted by Crippen LogP contribution is -1.96. The van der Waals surface area contributed by atoms with E-state index in [1.54, 1.807) is 6.92 Å². The van der Waals surface area contributed by atoms with Gasteiger partial charge in [-0.1, -0.05) is 41.9 Å². The highest BCUT2D eigenvalue weighted by molar-refractivity contribution is 6.33. The molecule has 0 aliphatic heterocycles. The number of carbonyl (C=O) groups is 1. The van der Waals surface area contributed by atoms with Gasteiger partial charge in [0.05, 0.1) is 0 Å². The quantitative estimate of drug-likeness (QED) is 0.710. The summed E-state index contributed by atoms with van der Waals surface area (Å²) in [4.78, 5) is 11.5. The molecule has 0 spiro atoms. The van der Waals surface area contributed by atoms with Gasteiger partial charge >= 0.3 is 0 Å². The number of Topliss-reactive ketones (excluding diaryl/α,β-unsaturated/α-hetero) is 1. The second-order valence-corrected chi connectivity index (χ2v) is 4.47. The maximum Gasteiger partial charge on any atom is 0.160 e. The monoisotopic (exact) mass is 244 g/mol. The molecule has 1 nitrogen and oxygen atoms in total. The standard InChI is InChI=1S/C15H13ClO/c1-10-7-8-12(9-14(10)11(2)17)13-5-3-4-6-15(13)16/h3-9H,1-2H3. The fourth-order valence-electron chi connectivity index (χ4n) is 1.86. The maximum atomic E-state index is 11.5. The second-order valence-electron chi connectivity index (χ2n) is 4.07. The zero-order valence-electron chi connectivity index (χ0n) is 9.83. The van der Waals surface area contributed by atoms with E-state index >= 15 is 0 Å². The van der Waals surface area contributed by atoms with Gasteiger partial charge in [-0.15, -0.1) is 0 Å². The van der Waals surface area contributed by atoms with Crippen LogP contribution in [0.1, 0.15) is 22.8 Å². The molecular weight excluding hydrogens is 232 g/mol. The van der Waals surface area contributed by atoms with Gasteiger partial charge < -0.3 is 0 Å². The minimum absolute atomic E-state index is 0.0800. The summed E-state index contributed by atoms with van der Waals surface area (Å²) in [5.74, 6) is 0.0800. The van der Waals surface area contributed by atoms with Crippen molar-refractivity contribution in [2.45, 2.75) is 13.8 Å². The topological polar surface area (TPSA) is 17.1 Å². The smallest absolute Gasteiger partial charge is 0.160 e. The summed E-state index contributed by atoms with van der Waals surface area (Å²) in [5.41, 5.74) is 3.68. The molecule has 0 saturated carbocycles. The third-order valence-corrected chi connectivity index (χ3v) is 3.13. The Kier molecular flexibility index (Phi) is 3.30. The van der Waals surface area contributed by atoms with E-state index in [1.807, 2.05) is 49.4 Å². The number of benzene rings is 2. The Balaban J connectivity index is 2.58. The average Bonchev–Trinajstić information content (AvgIpc) is 2.30. The van der Waals surface area contributed by atoms with E-state index in [1.165, 1.54) is 0 Å². The molecule has 0 radical (unpaired) electrons. The zero-order valence-corrected chi connectivity index (χ0v) is 10.6. The molecule has 0 aliphatic rings. The van der Waals surface area contributed by atoms with Crippen LogP contribution in [0.3, 0.4) is 0 Å². The predicted octanol–water partition coefficient (Wildman–Crippen LogP) is 4.52. The number of rotatable bonds is 2. The van der Waals surface area contributed by atoms with E-state index in [2.05, 4.69) is 0 Å². The zero-order chi connectivity index (χ0) is 12.4. The first-order chi connectivity index (χ1) is 8.09. The molecule has 17 heavy (non-hydrogen) atoms. The third kappa shape index (κ3) is 2.40. The summed E-state index contributed by atoms with van der Waals surface area (Å²) < 4.78 is 0. The van der Waals surface area contributed by atoms with E-state index < -0.39 is 0 Å². The van der Waals surface area contributed by atoms with E-state index in [9.17, 15) is 4.79 Å². The molecule has 0 unspecified atom stereocenters. The van der Waals surface area contributed by atoms with Crippen molar-refractivity contribution in [3.05, 3.63) is 58.6 Å². The fraction of sp³-hybridized carbons (Fsp3) is 0.133. The Morgan fingerprint density at radius 3 is 2.47 bits per heavy atom. The normalized spacial score (nSPS) is 10.3. The molecule has 0 aliphatic carbocycles. The highest BCUT2D eigenvalue weighted by Gasteiger charge is 2.08. The molecule has 0 bridgehead atoms. The van der Waals surface area contributed by atoms with Crippen molar-refractivity contribution in [1.82, 2.24) is 0 Å². The SMILES string of the molecule is CC(=O)c1cc(-c2ccccc2Cl)ccc1C. The van der Waals surface area contributed by atoms with Crippen LogP contribution in [-0.4, -0.2) is 5.78 Å². The minimum atomic E-state index is 0.0800. The molecule has 0 fully saturated rings. The molecule has 86 valence electrons. The van der Waals surface area contributed by atoms with Gasteiger partial charge in [-0.25, -0.2) is 0 Å². The van der Waals surface area contributed by atoms with Crippen molar-refractivity contribution in [2.24, 2.45) is 0 Å². The number of ketones is 1. The van der Waals surface area contributed by atoms with Crippen molar-refractivity contribution in [3.8, 4) is 11.1 Å². The van der Waals surface area contributed by atoms with Crippen LogP contribution in [-0.2, 0) is 0 Å². The molecule has 2 rings (SSSR count). The number of carbonyl (C=O) groups excluding carboxylic acids is 1. The van der Waals surface area contributed by atoms with Gasteiger partial charge in [0.1, 0.15) is 0 Å². The predicted molar refractivity (Wildman–Crippen MR) is 71.6 cm³/mol. The van der Waals surface area contributed by atoms with Gasteiger partial charge in [-0.05, 0) is 37.1 Å². The summed E-state index contributed by atoms with van der Waals surface area (Å²) >= 11 is 6.15. The van der Waals surface area contributed by atoms with Crippen LogP contribution < -0.4 is 0 Å². The van der Waals surface area contributed by atoms with E-state index in [0.717, 1.165) is 22.3 Å². The van der Waals surface area contributed by atoms with E-state index in [-0.39, 0.29) is 5.78 Å². The Morgan fingerprint density at radius 1 is 1.12 bits per heavy atom. The Bertz CT molecular complexity index is 573. The molecule has 0 amide bonds. The molecule has 0 saturated heterocycles. The first-order valence-electron chi connectivity index (χ1n) is 5.46. The van der Waals surface area contributed by atoms with Crippen molar-refractivity contribution >= 4 is 17.4 Å². The molecule has 0 aromatic heterocycles. The molecule has 2 aromatic rings. The number of aryl methyl sites for hydroxylation is 1. The van der Waals surface area contributed by atoms with Crippen molar-refractivity contribution in [1.29, 1.82) is 0 Å². The lowest BCUT2D eigenvalue weighted by Gasteiger charge is -2.08. The largest absolute Gasteiger partial charge is 0.295 e. The van der Waals surface area contributed by atoms with Crippen LogP contribution in [0, 0.1) is 6.92 Å². The molecular formula is C15H13ClO. The minimum Gasteiger partial charge on any atom is -0.295 e. The van der Waals surface area contributed by atoms with Gasteiger partial charge in [0.25, 0.3) is 0 Å². The Hall–Kier alpha value is -1.60. The maximum absolute atomic E-state index is 11.5. The summed E-state index contributed by atoms with van der Waals surface area (Å²) in [7, 11) is 0. The number of hydrogen-bond acceptors (Lipinski definition) is 1. The average molecular weight is 245 g/mol. The van der Waals surface area contributed by atoms with Gasteiger partial charge in [0, 0.05) is 16.1 Å². The lowest BCUT2D eigenvalue weighted by atomic mass is 9.98. The molecule has 0 heterocycles. The molecule has 0 atom stereocenters. The Morgan fingerprint density at radius 2 is 1.82 bits per heavy atom. The Labute approximate surface area is 106 Å². The summed E-state index contributed by atoms with van der Waals surface area (Å²) in [6.07, 6.45) is 0. The van der Waals surface area contributed by atoms with Crippen LogP contribution in [0.2, 0.25) is 5.02 Å².